The molecule has 1 rings (SSSR count). The molecular weight excluding hydrogens is 169 g/mol. The van der Waals surface area contributed by atoms with Crippen LogP contribution >= 0.6 is 0 Å². The van der Waals surface area contributed by atoms with Crippen LogP contribution < -0.4 is 5.32 Å². The van der Waals surface area contributed by atoms with Crippen LogP contribution in [0.5, 0.6) is 0 Å². The molecule has 0 bridgehead atoms. The summed E-state index contributed by atoms with van der Waals surface area (Å²) in [5.74, 6) is 0. The number of hydrogen-bond acceptors (Lipinski definition) is 2. The molecule has 1 aromatic carbocycles. The summed E-state index contributed by atoms with van der Waals surface area (Å²) in [7, 11) is 0. The standard InChI is InChI=1S/C10H14FNO/c1-8-4-2-3-5-10(8)12-7-9(13)6-11/h2-5,9,12-13H,6-7H2,1H3. The lowest BCUT2D eigenvalue weighted by molar-refractivity contribution is 0.151. The summed E-state index contributed by atoms with van der Waals surface area (Å²) in [5.41, 5.74) is 2.03. The Morgan fingerprint density at radius 3 is 2.77 bits per heavy atom. The van der Waals surface area contributed by atoms with Crippen LogP contribution in [0.15, 0.2) is 24.3 Å². The van der Waals surface area contributed by atoms with Gasteiger partial charge in [-0.05, 0) is 18.6 Å². The van der Waals surface area contributed by atoms with E-state index in [1.54, 1.807) is 0 Å². The Labute approximate surface area is 77.4 Å². The van der Waals surface area contributed by atoms with E-state index < -0.39 is 12.8 Å². The van der Waals surface area contributed by atoms with Crippen molar-refractivity contribution in [3.63, 3.8) is 0 Å². The number of halogens is 1. The number of aryl methyl sites for hydroxylation is 1. The topological polar surface area (TPSA) is 32.3 Å². The second kappa shape index (κ2) is 4.82. The molecule has 0 spiro atoms. The molecule has 1 atom stereocenters. The Morgan fingerprint density at radius 1 is 1.46 bits per heavy atom. The van der Waals surface area contributed by atoms with Crippen molar-refractivity contribution in [2.45, 2.75) is 13.0 Å². The van der Waals surface area contributed by atoms with E-state index in [0.29, 0.717) is 0 Å². The van der Waals surface area contributed by atoms with Crippen molar-refractivity contribution in [3.8, 4) is 0 Å². The van der Waals surface area contributed by atoms with E-state index in [4.69, 9.17) is 5.11 Å². The van der Waals surface area contributed by atoms with Crippen molar-refractivity contribution >= 4 is 5.69 Å². The molecule has 0 aliphatic rings. The number of aliphatic hydroxyl groups excluding tert-OH is 1. The number of para-hydroxylation sites is 1. The monoisotopic (exact) mass is 183 g/mol. The molecule has 0 aliphatic heterocycles. The van der Waals surface area contributed by atoms with Crippen LogP contribution in [-0.4, -0.2) is 24.4 Å². The molecule has 13 heavy (non-hydrogen) atoms. The predicted octanol–water partition coefficient (Wildman–Crippen LogP) is 1.74. The van der Waals surface area contributed by atoms with E-state index in [1.807, 2.05) is 31.2 Å². The van der Waals surface area contributed by atoms with Gasteiger partial charge < -0.3 is 10.4 Å². The minimum absolute atomic E-state index is 0.251. The normalized spacial score (nSPS) is 12.5. The lowest BCUT2D eigenvalue weighted by Gasteiger charge is -2.11. The van der Waals surface area contributed by atoms with Gasteiger partial charge in [0.15, 0.2) is 0 Å². The maximum absolute atomic E-state index is 11.9. The van der Waals surface area contributed by atoms with Gasteiger partial charge in [-0.1, -0.05) is 18.2 Å². The molecule has 0 amide bonds. The van der Waals surface area contributed by atoms with Crippen LogP contribution in [0.2, 0.25) is 0 Å². The summed E-state index contributed by atoms with van der Waals surface area (Å²) in [5, 5.41) is 11.9. The molecule has 1 unspecified atom stereocenters. The molecule has 72 valence electrons. The van der Waals surface area contributed by atoms with Gasteiger partial charge >= 0.3 is 0 Å². The Hall–Kier alpha value is -1.09. The van der Waals surface area contributed by atoms with Crippen LogP contribution in [-0.2, 0) is 0 Å². The lowest BCUT2D eigenvalue weighted by Crippen LogP contribution is -2.21. The van der Waals surface area contributed by atoms with E-state index in [-0.39, 0.29) is 6.54 Å². The third-order valence-electron chi connectivity index (χ3n) is 1.85. The van der Waals surface area contributed by atoms with Crippen molar-refractivity contribution in [1.82, 2.24) is 0 Å². The highest BCUT2D eigenvalue weighted by Gasteiger charge is 2.02. The summed E-state index contributed by atoms with van der Waals surface area (Å²) in [6, 6.07) is 7.70. The van der Waals surface area contributed by atoms with Crippen LogP contribution in [0.4, 0.5) is 10.1 Å². The molecule has 0 saturated heterocycles. The summed E-state index contributed by atoms with van der Waals surface area (Å²) >= 11 is 0. The summed E-state index contributed by atoms with van der Waals surface area (Å²) in [6.07, 6.45) is -0.917. The molecule has 0 saturated carbocycles. The maximum Gasteiger partial charge on any atom is 0.117 e. The van der Waals surface area contributed by atoms with E-state index in [0.717, 1.165) is 11.3 Å². The fourth-order valence-electron chi connectivity index (χ4n) is 1.05. The summed E-state index contributed by atoms with van der Waals surface area (Å²) < 4.78 is 11.9. The number of alkyl halides is 1. The quantitative estimate of drug-likeness (QED) is 0.745. The number of anilines is 1. The second-order valence-electron chi connectivity index (χ2n) is 3.00. The third kappa shape index (κ3) is 3.03. The molecule has 2 nitrogen and oxygen atoms in total. The molecule has 0 heterocycles. The number of aliphatic hydroxyl groups is 1. The van der Waals surface area contributed by atoms with Gasteiger partial charge in [0.2, 0.25) is 0 Å². The highest BCUT2D eigenvalue weighted by molar-refractivity contribution is 5.50. The minimum Gasteiger partial charge on any atom is -0.389 e. The number of rotatable bonds is 4. The minimum atomic E-state index is -0.917. The van der Waals surface area contributed by atoms with Gasteiger partial charge in [0.25, 0.3) is 0 Å². The van der Waals surface area contributed by atoms with Gasteiger partial charge in [0.05, 0.1) is 6.10 Å². The van der Waals surface area contributed by atoms with Crippen LogP contribution in [0.3, 0.4) is 0 Å². The predicted molar refractivity (Wildman–Crippen MR) is 51.7 cm³/mol. The number of hydrogen-bond donors (Lipinski definition) is 2. The van der Waals surface area contributed by atoms with Gasteiger partial charge in [-0.3, -0.25) is 0 Å². The Kier molecular flexibility index (Phi) is 3.71. The first-order valence-electron chi connectivity index (χ1n) is 4.27. The fraction of sp³-hybridized carbons (Fsp3) is 0.400. The fourth-order valence-corrected chi connectivity index (χ4v) is 1.05. The van der Waals surface area contributed by atoms with Crippen molar-refractivity contribution in [2.24, 2.45) is 0 Å². The van der Waals surface area contributed by atoms with Crippen molar-refractivity contribution in [2.75, 3.05) is 18.5 Å². The van der Waals surface area contributed by atoms with Crippen LogP contribution in [0.1, 0.15) is 5.56 Å². The molecule has 1 aromatic rings. The van der Waals surface area contributed by atoms with Crippen molar-refractivity contribution < 1.29 is 9.50 Å². The molecule has 3 heteroatoms. The first kappa shape index (κ1) is 9.99. The molecule has 0 aliphatic carbocycles. The highest BCUT2D eigenvalue weighted by Crippen LogP contribution is 2.12. The van der Waals surface area contributed by atoms with Gasteiger partial charge in [0, 0.05) is 12.2 Å². The van der Waals surface area contributed by atoms with Crippen molar-refractivity contribution in [3.05, 3.63) is 29.8 Å². The highest BCUT2D eigenvalue weighted by atomic mass is 19.1. The average molecular weight is 183 g/mol. The SMILES string of the molecule is Cc1ccccc1NCC(O)CF. The molecule has 0 radical (unpaired) electrons. The zero-order valence-corrected chi connectivity index (χ0v) is 7.63. The average Bonchev–Trinajstić information content (AvgIpc) is 2.16. The Bertz CT molecular complexity index is 265. The zero-order valence-electron chi connectivity index (χ0n) is 7.63. The number of nitrogens with one attached hydrogen (secondary N) is 1. The van der Waals surface area contributed by atoms with E-state index in [1.165, 1.54) is 0 Å². The third-order valence-corrected chi connectivity index (χ3v) is 1.85. The van der Waals surface area contributed by atoms with Crippen molar-refractivity contribution in [1.29, 1.82) is 0 Å². The van der Waals surface area contributed by atoms with Crippen LogP contribution in [0.25, 0.3) is 0 Å². The smallest absolute Gasteiger partial charge is 0.117 e. The largest absolute Gasteiger partial charge is 0.389 e. The van der Waals surface area contributed by atoms with E-state index in [2.05, 4.69) is 5.32 Å². The van der Waals surface area contributed by atoms with E-state index in [9.17, 15) is 4.39 Å². The summed E-state index contributed by atoms with van der Waals surface area (Å²) in [6.45, 7) is 1.50. The Morgan fingerprint density at radius 2 is 2.15 bits per heavy atom. The van der Waals surface area contributed by atoms with Gasteiger partial charge in [-0.15, -0.1) is 0 Å². The first-order valence-corrected chi connectivity index (χ1v) is 4.27. The molecule has 2 N–H and O–H groups in total. The molecule has 0 fully saturated rings. The summed E-state index contributed by atoms with van der Waals surface area (Å²) in [4.78, 5) is 0. The number of benzene rings is 1. The molecular formula is C10H14FNO. The Balaban J connectivity index is 2.50. The second-order valence-corrected chi connectivity index (χ2v) is 3.00. The van der Waals surface area contributed by atoms with E-state index >= 15 is 0 Å². The maximum atomic E-state index is 11.9. The van der Waals surface area contributed by atoms with Gasteiger partial charge in [0.1, 0.15) is 6.67 Å². The van der Waals surface area contributed by atoms with Crippen LogP contribution in [0, 0.1) is 6.92 Å². The zero-order chi connectivity index (χ0) is 9.68. The van der Waals surface area contributed by atoms with Gasteiger partial charge in [-0.25, -0.2) is 4.39 Å². The first-order chi connectivity index (χ1) is 6.24. The molecule has 0 aromatic heterocycles. The van der Waals surface area contributed by atoms with Gasteiger partial charge in [-0.2, -0.15) is 0 Å². The lowest BCUT2D eigenvalue weighted by atomic mass is 10.2.